The second-order valence-corrected chi connectivity index (χ2v) is 18.2. The monoisotopic (exact) mass is 868 g/mol. The standard InChI is InChI=1S/C60H34B2N2O4/c1-7-21-43-35(15-1)36-16-2-8-22-44(36)63(43)47-33-31-41-59(67-53-29-13-27-51-57(53)61(41)39-19-5-11-25-49(39)65-51)55(47)56-48(64-45-23-9-3-17-37(45)38-18-4-10-24-46(38)64)34-32-42-60(56)68-54-30-14-28-52-58(54)62(42)40-20-6-12-26-50(40)66-52/h1-34H. The Hall–Kier alpha value is -8.87. The first kappa shape index (κ1) is 36.4. The largest absolute Gasteiger partial charge is 0.458 e. The summed E-state index contributed by atoms with van der Waals surface area (Å²) in [5.74, 6) is 6.41. The second-order valence-electron chi connectivity index (χ2n) is 18.2. The molecule has 0 spiro atoms. The van der Waals surface area contributed by atoms with E-state index in [2.05, 4.69) is 191 Å². The molecule has 0 amide bonds. The molecular weight excluding hydrogens is 834 g/mol. The van der Waals surface area contributed by atoms with Gasteiger partial charge in [-0.15, -0.1) is 0 Å². The molecule has 16 rings (SSSR count). The normalized spacial score (nSPS) is 13.4. The van der Waals surface area contributed by atoms with Crippen LogP contribution in [0.3, 0.4) is 0 Å². The fourth-order valence-electron chi connectivity index (χ4n) is 12.1. The molecule has 0 atom stereocenters. The number of benzene rings is 10. The molecule has 68 heavy (non-hydrogen) atoms. The molecule has 4 aliphatic rings. The van der Waals surface area contributed by atoms with Crippen molar-refractivity contribution in [1.82, 2.24) is 9.13 Å². The van der Waals surface area contributed by atoms with E-state index >= 15 is 0 Å². The van der Waals surface area contributed by atoms with Gasteiger partial charge in [-0.2, -0.15) is 0 Å². The molecule has 6 nitrogen and oxygen atoms in total. The van der Waals surface area contributed by atoms with Crippen molar-refractivity contribution in [2.45, 2.75) is 0 Å². The van der Waals surface area contributed by atoms with Gasteiger partial charge >= 0.3 is 0 Å². The molecule has 0 fully saturated rings. The van der Waals surface area contributed by atoms with E-state index in [4.69, 9.17) is 18.9 Å². The van der Waals surface area contributed by atoms with E-state index in [0.717, 1.165) is 123 Å². The Morgan fingerprint density at radius 3 is 0.985 bits per heavy atom. The summed E-state index contributed by atoms with van der Waals surface area (Å²) in [4.78, 5) is 0. The molecule has 0 radical (unpaired) electrons. The van der Waals surface area contributed by atoms with E-state index in [1.165, 1.54) is 21.5 Å². The van der Waals surface area contributed by atoms with Gasteiger partial charge in [0.25, 0.3) is 13.4 Å². The maximum absolute atomic E-state index is 7.56. The third kappa shape index (κ3) is 4.73. The van der Waals surface area contributed by atoms with Crippen molar-refractivity contribution in [3.63, 3.8) is 0 Å². The van der Waals surface area contributed by atoms with Crippen molar-refractivity contribution in [3.05, 3.63) is 206 Å². The SMILES string of the molecule is c1ccc2c(c1)Oc1cccc3c1B2c1ccc(-n2c4ccccc4c4ccccc42)c(-c2c(-n4c5ccccc5c5ccccc54)ccc4c2Oc2cccc5c2B4c2ccccc2O5)c1O3. The summed E-state index contributed by atoms with van der Waals surface area (Å²) < 4.78 is 33.3. The Morgan fingerprint density at radius 2 is 0.588 bits per heavy atom. The molecule has 0 saturated heterocycles. The van der Waals surface area contributed by atoms with Gasteiger partial charge in [-0.3, -0.25) is 0 Å². The molecule has 0 saturated carbocycles. The zero-order chi connectivity index (χ0) is 44.2. The van der Waals surface area contributed by atoms with Gasteiger partial charge in [0.1, 0.15) is 46.0 Å². The molecule has 8 heteroatoms. The minimum Gasteiger partial charge on any atom is -0.458 e. The van der Waals surface area contributed by atoms with Crippen LogP contribution in [0.2, 0.25) is 0 Å². The topological polar surface area (TPSA) is 46.8 Å². The van der Waals surface area contributed by atoms with E-state index in [9.17, 15) is 0 Å². The van der Waals surface area contributed by atoms with Crippen LogP contribution in [-0.2, 0) is 0 Å². The van der Waals surface area contributed by atoms with Gasteiger partial charge in [0.15, 0.2) is 0 Å². The molecule has 6 heterocycles. The minimum absolute atomic E-state index is 0.163. The Balaban J connectivity index is 1.11. The maximum atomic E-state index is 7.56. The number of para-hydroxylation sites is 6. The summed E-state index contributed by atoms with van der Waals surface area (Å²) >= 11 is 0. The molecule has 314 valence electrons. The highest BCUT2D eigenvalue weighted by Crippen LogP contribution is 2.51. The van der Waals surface area contributed by atoms with Gasteiger partial charge in [-0.1, -0.05) is 133 Å². The van der Waals surface area contributed by atoms with Crippen molar-refractivity contribution >= 4 is 89.8 Å². The van der Waals surface area contributed by atoms with Crippen LogP contribution in [0.1, 0.15) is 0 Å². The Kier molecular flexibility index (Phi) is 7.15. The first-order chi connectivity index (χ1) is 33.8. The van der Waals surface area contributed by atoms with Crippen LogP contribution in [0.4, 0.5) is 0 Å². The van der Waals surface area contributed by atoms with Gasteiger partial charge in [0, 0.05) is 32.5 Å². The van der Waals surface area contributed by atoms with Crippen molar-refractivity contribution in [2.75, 3.05) is 0 Å². The number of hydrogen-bond donors (Lipinski definition) is 0. The molecule has 0 bridgehead atoms. The maximum Gasteiger partial charge on any atom is 0.260 e. The quantitative estimate of drug-likeness (QED) is 0.166. The lowest BCUT2D eigenvalue weighted by Gasteiger charge is -2.36. The summed E-state index contributed by atoms with van der Waals surface area (Å²) in [7, 11) is 0. The Morgan fingerprint density at radius 1 is 0.265 bits per heavy atom. The first-order valence-corrected chi connectivity index (χ1v) is 23.2. The van der Waals surface area contributed by atoms with E-state index in [1.807, 2.05) is 24.3 Å². The summed E-state index contributed by atoms with van der Waals surface area (Å²) in [6, 6.07) is 73.4. The number of rotatable bonds is 3. The lowest BCUT2D eigenvalue weighted by atomic mass is 9.34. The number of hydrogen-bond acceptors (Lipinski definition) is 4. The number of fused-ring (bicyclic) bond motifs is 14. The fraction of sp³-hybridized carbons (Fsp3) is 0. The number of ether oxygens (including phenoxy) is 4. The van der Waals surface area contributed by atoms with Crippen LogP contribution >= 0.6 is 0 Å². The molecule has 0 N–H and O–H groups in total. The van der Waals surface area contributed by atoms with Crippen LogP contribution < -0.4 is 51.7 Å². The zero-order valence-corrected chi connectivity index (χ0v) is 36.3. The van der Waals surface area contributed by atoms with Crippen molar-refractivity contribution in [2.24, 2.45) is 0 Å². The van der Waals surface area contributed by atoms with Gasteiger partial charge in [0.05, 0.1) is 44.6 Å². The summed E-state index contributed by atoms with van der Waals surface area (Å²) in [5, 5.41) is 4.70. The van der Waals surface area contributed by atoms with E-state index in [1.54, 1.807) is 0 Å². The molecule has 0 unspecified atom stereocenters. The average molecular weight is 869 g/mol. The highest BCUT2D eigenvalue weighted by molar-refractivity contribution is 6.99. The smallest absolute Gasteiger partial charge is 0.260 e. The van der Waals surface area contributed by atoms with Gasteiger partial charge in [-0.05, 0) is 94.6 Å². The van der Waals surface area contributed by atoms with Gasteiger partial charge in [0.2, 0.25) is 0 Å². The first-order valence-electron chi connectivity index (χ1n) is 23.2. The predicted molar refractivity (Wildman–Crippen MR) is 276 cm³/mol. The highest BCUT2D eigenvalue weighted by Gasteiger charge is 2.45. The lowest BCUT2D eigenvalue weighted by molar-refractivity contribution is 0.461. The summed E-state index contributed by atoms with van der Waals surface area (Å²) in [6.07, 6.45) is 0. The number of nitrogens with zero attached hydrogens (tertiary/aromatic N) is 2. The Labute approximate surface area is 390 Å². The Bertz CT molecular complexity index is 3830. The molecular formula is C60H34B2N2O4. The van der Waals surface area contributed by atoms with Crippen molar-refractivity contribution in [1.29, 1.82) is 0 Å². The molecule has 4 aliphatic heterocycles. The highest BCUT2D eigenvalue weighted by atomic mass is 16.5. The van der Waals surface area contributed by atoms with Gasteiger partial charge < -0.3 is 28.1 Å². The molecule has 12 aromatic rings. The number of aromatic nitrogens is 2. The van der Waals surface area contributed by atoms with E-state index < -0.39 is 0 Å². The zero-order valence-electron chi connectivity index (χ0n) is 36.3. The van der Waals surface area contributed by atoms with Crippen LogP contribution in [0.15, 0.2) is 206 Å². The fourth-order valence-corrected chi connectivity index (χ4v) is 12.1. The third-order valence-corrected chi connectivity index (χ3v) is 14.8. The minimum atomic E-state index is -0.163. The molecule has 10 aromatic carbocycles. The third-order valence-electron chi connectivity index (χ3n) is 14.8. The van der Waals surface area contributed by atoms with Crippen molar-refractivity contribution < 1.29 is 18.9 Å². The predicted octanol–water partition coefficient (Wildman–Crippen LogP) is 11.0. The molecule has 0 aliphatic carbocycles. The summed E-state index contributed by atoms with van der Waals surface area (Å²) in [6.45, 7) is -0.327. The second kappa shape index (κ2) is 13.4. The van der Waals surface area contributed by atoms with Crippen LogP contribution in [0.25, 0.3) is 66.1 Å². The van der Waals surface area contributed by atoms with Crippen LogP contribution in [-0.4, -0.2) is 22.6 Å². The molecule has 2 aromatic heterocycles. The van der Waals surface area contributed by atoms with Crippen molar-refractivity contribution in [3.8, 4) is 68.5 Å². The average Bonchev–Trinajstić information content (AvgIpc) is 3.91. The lowest BCUT2D eigenvalue weighted by Crippen LogP contribution is -2.58. The van der Waals surface area contributed by atoms with E-state index in [-0.39, 0.29) is 13.4 Å². The summed E-state index contributed by atoms with van der Waals surface area (Å²) in [5.41, 5.74) is 14.6. The van der Waals surface area contributed by atoms with Crippen LogP contribution in [0.5, 0.6) is 46.0 Å². The van der Waals surface area contributed by atoms with Gasteiger partial charge in [-0.25, -0.2) is 0 Å². The van der Waals surface area contributed by atoms with E-state index in [0.29, 0.717) is 0 Å². The van der Waals surface area contributed by atoms with Crippen LogP contribution in [0, 0.1) is 0 Å².